The number of nitrogens with one attached hydrogen (secondary N) is 1. The standard InChI is InChI=1S/C26H28N4O/c27-15-20-5-3-6-21(13-20)17-29-11-4-9-26(18-29)10-12-30(19-26)25(31)14-22-16-28-24-8-2-1-7-23(22)24/h1-3,5-8,13,16,28H,4,9-12,14,17-19H2. The van der Waals surface area contributed by atoms with Crippen molar-refractivity contribution in [3.8, 4) is 6.07 Å². The molecule has 2 aliphatic heterocycles. The van der Waals surface area contributed by atoms with E-state index in [1.807, 2.05) is 36.5 Å². The minimum absolute atomic E-state index is 0.209. The van der Waals surface area contributed by atoms with Gasteiger partial charge in [-0.15, -0.1) is 0 Å². The molecule has 158 valence electrons. The van der Waals surface area contributed by atoms with Crippen LogP contribution in [0.1, 0.15) is 36.0 Å². The summed E-state index contributed by atoms with van der Waals surface area (Å²) >= 11 is 0. The number of benzene rings is 2. The van der Waals surface area contributed by atoms with E-state index in [9.17, 15) is 4.79 Å². The van der Waals surface area contributed by atoms with Crippen molar-refractivity contribution in [1.29, 1.82) is 5.26 Å². The number of carbonyl (C=O) groups is 1. The van der Waals surface area contributed by atoms with Crippen LogP contribution in [0.15, 0.2) is 54.7 Å². The number of carbonyl (C=O) groups excluding carboxylic acids is 1. The molecule has 2 aromatic carbocycles. The Morgan fingerprint density at radius 2 is 2.00 bits per heavy atom. The van der Waals surface area contributed by atoms with E-state index in [4.69, 9.17) is 5.26 Å². The molecule has 0 radical (unpaired) electrons. The van der Waals surface area contributed by atoms with E-state index >= 15 is 0 Å². The van der Waals surface area contributed by atoms with Gasteiger partial charge in [0, 0.05) is 48.7 Å². The highest BCUT2D eigenvalue weighted by atomic mass is 16.2. The SMILES string of the molecule is N#Cc1cccc(CN2CCCC3(CCN(C(=O)Cc4c[nH]c5ccccc45)C3)C2)c1. The van der Waals surface area contributed by atoms with Crippen molar-refractivity contribution in [2.75, 3.05) is 26.2 Å². The number of nitrogens with zero attached hydrogens (tertiary/aromatic N) is 3. The third-order valence-electron chi connectivity index (χ3n) is 7.01. The molecule has 5 rings (SSSR count). The number of likely N-dealkylation sites (tertiary alicyclic amines) is 2. The highest BCUT2D eigenvalue weighted by molar-refractivity contribution is 5.89. The van der Waals surface area contributed by atoms with Gasteiger partial charge >= 0.3 is 0 Å². The van der Waals surface area contributed by atoms with Gasteiger partial charge in [-0.25, -0.2) is 0 Å². The van der Waals surface area contributed by atoms with Gasteiger partial charge in [0.2, 0.25) is 5.91 Å². The second-order valence-corrected chi connectivity index (χ2v) is 9.23. The normalized spacial score (nSPS) is 21.6. The number of hydrogen-bond acceptors (Lipinski definition) is 3. The zero-order chi connectivity index (χ0) is 21.3. The summed E-state index contributed by atoms with van der Waals surface area (Å²) in [6.07, 6.45) is 5.89. The van der Waals surface area contributed by atoms with E-state index in [1.54, 1.807) is 0 Å². The molecule has 0 saturated carbocycles. The van der Waals surface area contributed by atoms with Crippen LogP contribution in [0.25, 0.3) is 10.9 Å². The van der Waals surface area contributed by atoms with Gasteiger partial charge in [-0.3, -0.25) is 9.69 Å². The number of fused-ring (bicyclic) bond motifs is 1. The Bertz CT molecular complexity index is 1140. The number of aromatic amines is 1. The topological polar surface area (TPSA) is 63.1 Å². The number of piperidine rings is 1. The van der Waals surface area contributed by atoms with Gasteiger partial charge in [-0.05, 0) is 55.1 Å². The van der Waals surface area contributed by atoms with Gasteiger partial charge in [0.05, 0.1) is 18.1 Å². The van der Waals surface area contributed by atoms with Crippen LogP contribution in [0, 0.1) is 16.7 Å². The third-order valence-corrected chi connectivity index (χ3v) is 7.01. The lowest BCUT2D eigenvalue weighted by Gasteiger charge is -2.40. The van der Waals surface area contributed by atoms with Gasteiger partial charge in [0.15, 0.2) is 0 Å². The van der Waals surface area contributed by atoms with E-state index in [0.717, 1.165) is 61.2 Å². The number of rotatable bonds is 4. The van der Waals surface area contributed by atoms with E-state index in [0.29, 0.717) is 6.42 Å². The van der Waals surface area contributed by atoms with Crippen molar-refractivity contribution in [2.24, 2.45) is 5.41 Å². The van der Waals surface area contributed by atoms with Crippen LogP contribution >= 0.6 is 0 Å². The minimum atomic E-state index is 0.209. The maximum absolute atomic E-state index is 13.1. The highest BCUT2D eigenvalue weighted by Crippen LogP contribution is 2.39. The van der Waals surface area contributed by atoms with Crippen LogP contribution in [0.4, 0.5) is 0 Å². The van der Waals surface area contributed by atoms with E-state index in [2.05, 4.69) is 39.1 Å². The monoisotopic (exact) mass is 412 g/mol. The number of amides is 1. The molecule has 3 aromatic rings. The smallest absolute Gasteiger partial charge is 0.227 e. The quantitative estimate of drug-likeness (QED) is 0.702. The first-order valence-corrected chi connectivity index (χ1v) is 11.2. The second kappa shape index (κ2) is 8.20. The predicted octanol–water partition coefficient (Wildman–Crippen LogP) is 4.10. The maximum Gasteiger partial charge on any atom is 0.227 e. The summed E-state index contributed by atoms with van der Waals surface area (Å²) in [5.74, 6) is 0.237. The number of H-pyrrole nitrogens is 1. The van der Waals surface area contributed by atoms with Crippen molar-refractivity contribution < 1.29 is 4.79 Å². The Morgan fingerprint density at radius 1 is 1.10 bits per heavy atom. The fourth-order valence-corrected chi connectivity index (χ4v) is 5.48. The zero-order valence-corrected chi connectivity index (χ0v) is 17.8. The lowest BCUT2D eigenvalue weighted by Crippen LogP contribution is -2.45. The summed E-state index contributed by atoms with van der Waals surface area (Å²) in [4.78, 5) is 21.0. The summed E-state index contributed by atoms with van der Waals surface area (Å²) < 4.78 is 0. The Morgan fingerprint density at radius 3 is 2.90 bits per heavy atom. The molecule has 1 atom stereocenters. The number of nitriles is 1. The predicted molar refractivity (Wildman–Crippen MR) is 121 cm³/mol. The molecule has 2 saturated heterocycles. The molecule has 1 spiro atoms. The van der Waals surface area contributed by atoms with E-state index in [-0.39, 0.29) is 11.3 Å². The van der Waals surface area contributed by atoms with Crippen LogP contribution in [0.3, 0.4) is 0 Å². The molecule has 2 aliphatic rings. The largest absolute Gasteiger partial charge is 0.361 e. The molecule has 5 heteroatoms. The Hall–Kier alpha value is -3.10. The fraction of sp³-hybridized carbons (Fsp3) is 0.385. The molecule has 1 unspecified atom stereocenters. The highest BCUT2D eigenvalue weighted by Gasteiger charge is 2.42. The first-order valence-electron chi connectivity index (χ1n) is 11.2. The van der Waals surface area contributed by atoms with Crippen molar-refractivity contribution >= 4 is 16.8 Å². The number of para-hydroxylation sites is 1. The van der Waals surface area contributed by atoms with E-state index < -0.39 is 0 Å². The third kappa shape index (κ3) is 4.08. The van der Waals surface area contributed by atoms with Crippen molar-refractivity contribution in [1.82, 2.24) is 14.8 Å². The lowest BCUT2D eigenvalue weighted by molar-refractivity contribution is -0.130. The molecule has 1 aromatic heterocycles. The van der Waals surface area contributed by atoms with Crippen molar-refractivity contribution in [3.63, 3.8) is 0 Å². The van der Waals surface area contributed by atoms with Crippen LogP contribution in [0.5, 0.6) is 0 Å². The summed E-state index contributed by atoms with van der Waals surface area (Å²) in [5, 5.41) is 10.3. The van der Waals surface area contributed by atoms with Gasteiger partial charge in [0.1, 0.15) is 0 Å². The Labute approximate surface area is 183 Å². The lowest BCUT2D eigenvalue weighted by atomic mass is 9.79. The van der Waals surface area contributed by atoms with Gasteiger partial charge in [-0.2, -0.15) is 5.26 Å². The molecule has 0 bridgehead atoms. The summed E-state index contributed by atoms with van der Waals surface area (Å²) in [6.45, 7) is 4.71. The molecule has 3 heterocycles. The van der Waals surface area contributed by atoms with Gasteiger partial charge in [-0.1, -0.05) is 30.3 Å². The minimum Gasteiger partial charge on any atom is -0.361 e. The van der Waals surface area contributed by atoms with Gasteiger partial charge < -0.3 is 9.88 Å². The summed E-state index contributed by atoms with van der Waals surface area (Å²) in [7, 11) is 0. The molecule has 31 heavy (non-hydrogen) atoms. The number of hydrogen-bond donors (Lipinski definition) is 1. The van der Waals surface area contributed by atoms with Crippen LogP contribution in [-0.4, -0.2) is 46.9 Å². The average molecular weight is 413 g/mol. The fourth-order valence-electron chi connectivity index (χ4n) is 5.48. The van der Waals surface area contributed by atoms with Crippen LogP contribution < -0.4 is 0 Å². The molecular formula is C26H28N4O. The summed E-state index contributed by atoms with van der Waals surface area (Å²) in [5.41, 5.74) is 4.30. The second-order valence-electron chi connectivity index (χ2n) is 9.23. The van der Waals surface area contributed by atoms with Crippen LogP contribution in [-0.2, 0) is 17.8 Å². The first-order chi connectivity index (χ1) is 15.1. The maximum atomic E-state index is 13.1. The Kier molecular flexibility index (Phi) is 5.25. The number of aromatic nitrogens is 1. The van der Waals surface area contributed by atoms with Crippen molar-refractivity contribution in [2.45, 2.75) is 32.2 Å². The molecule has 1 amide bonds. The Balaban J connectivity index is 1.23. The molecular weight excluding hydrogens is 384 g/mol. The molecule has 1 N–H and O–H groups in total. The summed E-state index contributed by atoms with van der Waals surface area (Å²) in [6, 6.07) is 18.3. The van der Waals surface area contributed by atoms with Crippen molar-refractivity contribution in [3.05, 3.63) is 71.4 Å². The average Bonchev–Trinajstić information content (AvgIpc) is 3.39. The van der Waals surface area contributed by atoms with Gasteiger partial charge in [0.25, 0.3) is 0 Å². The molecule has 2 fully saturated rings. The first kappa shape index (κ1) is 19.8. The van der Waals surface area contributed by atoms with Crippen LogP contribution in [0.2, 0.25) is 0 Å². The molecule has 5 nitrogen and oxygen atoms in total. The molecule has 0 aliphatic carbocycles. The zero-order valence-electron chi connectivity index (χ0n) is 17.8. The van der Waals surface area contributed by atoms with E-state index in [1.165, 1.54) is 18.4 Å².